The summed E-state index contributed by atoms with van der Waals surface area (Å²) in [6.45, 7) is 6.52. The molecule has 1 heterocycles. The molecular formula is C22H33NO. The zero-order valence-electron chi connectivity index (χ0n) is 15.5. The molecule has 2 unspecified atom stereocenters. The maximum atomic E-state index is 12.9. The van der Waals surface area contributed by atoms with E-state index >= 15 is 0 Å². The van der Waals surface area contributed by atoms with Crippen molar-refractivity contribution in [3.05, 3.63) is 35.4 Å². The molecule has 4 rings (SSSR count). The van der Waals surface area contributed by atoms with Crippen molar-refractivity contribution >= 4 is 5.78 Å². The molecule has 2 aliphatic carbocycles. The first-order chi connectivity index (χ1) is 11.8. The van der Waals surface area contributed by atoms with Crippen LogP contribution in [0.15, 0.2) is 24.3 Å². The number of likely N-dealkylation sites (tertiary alicyclic amines) is 1. The van der Waals surface area contributed by atoms with Gasteiger partial charge in [0.25, 0.3) is 0 Å². The Bertz CT molecular complexity index is 543. The third-order valence-corrected chi connectivity index (χ3v) is 5.95. The molecule has 0 amide bonds. The summed E-state index contributed by atoms with van der Waals surface area (Å²) in [6.07, 6.45) is 9.87. The summed E-state index contributed by atoms with van der Waals surface area (Å²) in [6, 6.07) is 9.05. The van der Waals surface area contributed by atoms with Crippen molar-refractivity contribution in [2.24, 2.45) is 5.92 Å². The first-order valence-corrected chi connectivity index (χ1v) is 10.2. The Kier molecular flexibility index (Phi) is 6.10. The Morgan fingerprint density at radius 1 is 1.00 bits per heavy atom. The van der Waals surface area contributed by atoms with Crippen LogP contribution in [0.2, 0.25) is 0 Å². The Hall–Kier alpha value is -1.15. The van der Waals surface area contributed by atoms with Crippen molar-refractivity contribution in [3.63, 3.8) is 0 Å². The number of carbonyl (C=O) groups is 1. The van der Waals surface area contributed by atoms with Gasteiger partial charge in [-0.15, -0.1) is 0 Å². The number of carbonyl (C=O) groups excluding carboxylic acids is 1. The second-order valence-corrected chi connectivity index (χ2v) is 7.49. The van der Waals surface area contributed by atoms with Gasteiger partial charge in [-0.1, -0.05) is 44.5 Å². The fourth-order valence-electron chi connectivity index (χ4n) is 4.66. The molecular weight excluding hydrogens is 294 g/mol. The zero-order valence-corrected chi connectivity index (χ0v) is 15.5. The Labute approximate surface area is 147 Å². The van der Waals surface area contributed by atoms with E-state index in [9.17, 15) is 4.79 Å². The van der Waals surface area contributed by atoms with Crippen molar-refractivity contribution in [1.82, 2.24) is 4.90 Å². The highest BCUT2D eigenvalue weighted by atomic mass is 16.1. The van der Waals surface area contributed by atoms with Gasteiger partial charge in [0.1, 0.15) is 0 Å². The van der Waals surface area contributed by atoms with Crippen LogP contribution in [-0.2, 0) is 0 Å². The largest absolute Gasteiger partial charge is 0.300 e. The molecule has 1 aromatic rings. The second kappa shape index (κ2) is 8.29. The van der Waals surface area contributed by atoms with Crippen LogP contribution in [0.25, 0.3) is 0 Å². The van der Waals surface area contributed by atoms with Crippen molar-refractivity contribution < 1.29 is 4.79 Å². The van der Waals surface area contributed by atoms with Crippen LogP contribution >= 0.6 is 0 Å². The summed E-state index contributed by atoms with van der Waals surface area (Å²) in [7, 11) is 0. The van der Waals surface area contributed by atoms with Crippen LogP contribution in [0.3, 0.4) is 0 Å². The molecule has 0 aromatic heterocycles. The molecule has 1 aliphatic heterocycles. The molecule has 2 nitrogen and oxygen atoms in total. The van der Waals surface area contributed by atoms with Crippen LogP contribution in [0.4, 0.5) is 0 Å². The van der Waals surface area contributed by atoms with Crippen LogP contribution in [-0.4, -0.2) is 29.8 Å². The van der Waals surface area contributed by atoms with Gasteiger partial charge >= 0.3 is 0 Å². The first-order valence-electron chi connectivity index (χ1n) is 10.2. The lowest BCUT2D eigenvalue weighted by Crippen LogP contribution is -2.36. The molecule has 0 spiro atoms. The van der Waals surface area contributed by atoms with E-state index in [1.54, 1.807) is 0 Å². The maximum Gasteiger partial charge on any atom is 0.163 e. The van der Waals surface area contributed by atoms with Crippen LogP contribution < -0.4 is 0 Å². The summed E-state index contributed by atoms with van der Waals surface area (Å²) in [5, 5.41) is 0. The van der Waals surface area contributed by atoms with Gasteiger partial charge < -0.3 is 4.90 Å². The van der Waals surface area contributed by atoms with Gasteiger partial charge in [0, 0.05) is 18.0 Å². The number of hydrogen-bond donors (Lipinski definition) is 0. The Balaban J connectivity index is 0.000000815. The molecule has 1 saturated heterocycles. The van der Waals surface area contributed by atoms with Gasteiger partial charge in [-0.05, 0) is 69.0 Å². The average molecular weight is 328 g/mol. The van der Waals surface area contributed by atoms with E-state index < -0.39 is 0 Å². The van der Waals surface area contributed by atoms with E-state index in [0.29, 0.717) is 23.7 Å². The molecule has 3 fully saturated rings. The van der Waals surface area contributed by atoms with E-state index in [-0.39, 0.29) is 0 Å². The van der Waals surface area contributed by atoms with Crippen LogP contribution in [0.1, 0.15) is 87.1 Å². The average Bonchev–Trinajstić information content (AvgIpc) is 3.13. The Morgan fingerprint density at radius 2 is 1.71 bits per heavy atom. The number of nitrogens with zero attached hydrogens (tertiary/aromatic N) is 1. The van der Waals surface area contributed by atoms with Gasteiger partial charge in [0.2, 0.25) is 0 Å². The minimum atomic E-state index is 0.401. The molecule has 2 saturated carbocycles. The van der Waals surface area contributed by atoms with Crippen molar-refractivity contribution in [3.8, 4) is 0 Å². The number of Topliss-reactive ketones (excluding diaryl/α,β-unsaturated/α-hetero) is 1. The van der Waals surface area contributed by atoms with Crippen molar-refractivity contribution in [2.45, 2.75) is 77.2 Å². The molecule has 0 radical (unpaired) electrons. The summed E-state index contributed by atoms with van der Waals surface area (Å²) in [5.41, 5.74) is 2.35. The highest BCUT2D eigenvalue weighted by molar-refractivity contribution is 5.98. The number of rotatable bonds is 5. The molecule has 3 aliphatic rings. The summed E-state index contributed by atoms with van der Waals surface area (Å²) in [4.78, 5) is 15.6. The summed E-state index contributed by atoms with van der Waals surface area (Å²) in [5.74, 6) is 1.66. The molecule has 2 heteroatoms. The fraction of sp³-hybridized carbons (Fsp3) is 0.682. The SMILES string of the molecule is CC.O=C(CC1CCCC1N1CCCC1)c1ccccc1C1CC1. The smallest absolute Gasteiger partial charge is 0.163 e. The van der Waals surface area contributed by atoms with Crippen LogP contribution in [0.5, 0.6) is 0 Å². The summed E-state index contributed by atoms with van der Waals surface area (Å²) < 4.78 is 0. The quantitative estimate of drug-likeness (QED) is 0.672. The van der Waals surface area contributed by atoms with E-state index in [1.165, 1.54) is 63.6 Å². The second-order valence-electron chi connectivity index (χ2n) is 7.49. The fourth-order valence-corrected chi connectivity index (χ4v) is 4.66. The minimum Gasteiger partial charge on any atom is -0.300 e. The maximum absolute atomic E-state index is 12.9. The van der Waals surface area contributed by atoms with Gasteiger partial charge in [-0.3, -0.25) is 4.79 Å². The van der Waals surface area contributed by atoms with Crippen LogP contribution in [0, 0.1) is 5.92 Å². The van der Waals surface area contributed by atoms with Crippen molar-refractivity contribution in [1.29, 1.82) is 0 Å². The topological polar surface area (TPSA) is 20.3 Å². The van der Waals surface area contributed by atoms with Gasteiger partial charge in [-0.2, -0.15) is 0 Å². The first kappa shape index (κ1) is 17.7. The van der Waals surface area contributed by atoms with Crippen molar-refractivity contribution in [2.75, 3.05) is 13.1 Å². The molecule has 2 atom stereocenters. The van der Waals surface area contributed by atoms with E-state index in [1.807, 2.05) is 19.9 Å². The zero-order chi connectivity index (χ0) is 16.9. The molecule has 24 heavy (non-hydrogen) atoms. The lowest BCUT2D eigenvalue weighted by molar-refractivity contribution is 0.0929. The number of hydrogen-bond acceptors (Lipinski definition) is 2. The van der Waals surface area contributed by atoms with Gasteiger partial charge in [-0.25, -0.2) is 0 Å². The lowest BCUT2D eigenvalue weighted by atomic mass is 9.90. The van der Waals surface area contributed by atoms with Gasteiger partial charge in [0.15, 0.2) is 5.78 Å². The van der Waals surface area contributed by atoms with E-state index in [0.717, 1.165) is 12.0 Å². The number of benzene rings is 1. The monoisotopic (exact) mass is 327 g/mol. The third kappa shape index (κ3) is 3.91. The van der Waals surface area contributed by atoms with E-state index in [2.05, 4.69) is 23.1 Å². The predicted molar refractivity (Wildman–Crippen MR) is 101 cm³/mol. The van der Waals surface area contributed by atoms with E-state index in [4.69, 9.17) is 0 Å². The summed E-state index contributed by atoms with van der Waals surface area (Å²) >= 11 is 0. The van der Waals surface area contributed by atoms with Gasteiger partial charge in [0.05, 0.1) is 0 Å². The normalized spacial score (nSPS) is 26.9. The predicted octanol–water partition coefficient (Wildman–Crippen LogP) is 5.43. The molecule has 1 aromatic carbocycles. The highest BCUT2D eigenvalue weighted by Crippen LogP contribution is 2.42. The standard InChI is InChI=1S/C20H27NO.C2H6/c22-20(18-8-2-1-7-17(18)15-10-11-15)14-16-6-5-9-19(16)21-12-3-4-13-21;1-2/h1-2,7-8,15-16,19H,3-6,9-14H2;1-2H3. The minimum absolute atomic E-state index is 0.401. The third-order valence-electron chi connectivity index (χ3n) is 5.95. The molecule has 0 N–H and O–H groups in total. The lowest BCUT2D eigenvalue weighted by Gasteiger charge is -2.29. The molecule has 0 bridgehead atoms. The molecule has 132 valence electrons. The number of ketones is 1. The highest BCUT2D eigenvalue weighted by Gasteiger charge is 2.35. The Morgan fingerprint density at radius 3 is 2.42 bits per heavy atom.